The second-order valence-electron chi connectivity index (χ2n) is 6.06. The summed E-state index contributed by atoms with van der Waals surface area (Å²) in [7, 11) is 0. The Hall–Kier alpha value is -3.10. The lowest BCUT2D eigenvalue weighted by atomic mass is 10.1. The van der Waals surface area contributed by atoms with Crippen molar-refractivity contribution in [1.82, 2.24) is 9.88 Å². The normalized spacial score (nSPS) is 14.8. The number of amides is 2. The third-order valence-electron chi connectivity index (χ3n) is 4.29. The minimum atomic E-state index is -4.44. The number of halogens is 3. The molecule has 0 atom stereocenters. The van der Waals surface area contributed by atoms with Crippen LogP contribution in [0.5, 0.6) is 0 Å². The first-order valence-corrected chi connectivity index (χ1v) is 8.26. The summed E-state index contributed by atoms with van der Waals surface area (Å²) in [5.74, 6) is -0.237. The zero-order valence-corrected chi connectivity index (χ0v) is 14.2. The van der Waals surface area contributed by atoms with E-state index in [1.165, 1.54) is 0 Å². The summed E-state index contributed by atoms with van der Waals surface area (Å²) in [6.45, 7) is 2.65. The number of piperazine rings is 1. The second-order valence-corrected chi connectivity index (χ2v) is 6.06. The molecule has 0 unspecified atom stereocenters. The minimum absolute atomic E-state index is 0.110. The fourth-order valence-corrected chi connectivity index (χ4v) is 2.73. The summed E-state index contributed by atoms with van der Waals surface area (Å²) in [6, 6.07) is 7.41. The van der Waals surface area contributed by atoms with Gasteiger partial charge in [-0.1, -0.05) is 0 Å². The lowest BCUT2D eigenvalue weighted by molar-refractivity contribution is -0.137. The molecule has 0 saturated carbocycles. The molecular formula is C18H17F3N4O2. The summed E-state index contributed by atoms with van der Waals surface area (Å²) in [5.41, 5.74) is 0.170. The van der Waals surface area contributed by atoms with Crippen LogP contribution in [0.2, 0.25) is 0 Å². The third kappa shape index (κ3) is 4.55. The Balaban J connectivity index is 1.61. The first kappa shape index (κ1) is 18.7. The van der Waals surface area contributed by atoms with Gasteiger partial charge in [0.05, 0.1) is 17.4 Å². The van der Waals surface area contributed by atoms with Gasteiger partial charge in [0.25, 0.3) is 5.91 Å². The number of anilines is 2. The molecule has 0 spiro atoms. The molecule has 0 aliphatic carbocycles. The number of alkyl halides is 3. The Morgan fingerprint density at radius 3 is 2.22 bits per heavy atom. The first-order valence-electron chi connectivity index (χ1n) is 8.26. The summed E-state index contributed by atoms with van der Waals surface area (Å²) < 4.78 is 37.7. The zero-order chi connectivity index (χ0) is 19.4. The molecule has 2 heterocycles. The molecule has 3 rings (SSSR count). The van der Waals surface area contributed by atoms with E-state index in [1.54, 1.807) is 23.2 Å². The fourth-order valence-electron chi connectivity index (χ4n) is 2.73. The molecule has 6 nitrogen and oxygen atoms in total. The number of carbonyl (C=O) groups is 2. The molecule has 142 valence electrons. The number of carbonyl (C=O) groups excluding carboxylic acids is 2. The van der Waals surface area contributed by atoms with Gasteiger partial charge >= 0.3 is 6.18 Å². The average Bonchev–Trinajstić information content (AvgIpc) is 2.68. The van der Waals surface area contributed by atoms with Crippen LogP contribution >= 0.6 is 0 Å². The molecule has 2 amide bonds. The molecule has 1 saturated heterocycles. The van der Waals surface area contributed by atoms with Crippen molar-refractivity contribution in [3.8, 4) is 0 Å². The second kappa shape index (κ2) is 7.65. The van der Waals surface area contributed by atoms with E-state index in [0.29, 0.717) is 32.0 Å². The van der Waals surface area contributed by atoms with Crippen molar-refractivity contribution in [3.63, 3.8) is 0 Å². The van der Waals surface area contributed by atoms with E-state index in [9.17, 15) is 22.8 Å². The summed E-state index contributed by atoms with van der Waals surface area (Å²) in [5, 5.41) is 2.56. The average molecular weight is 378 g/mol. The highest BCUT2D eigenvalue weighted by Gasteiger charge is 2.30. The molecule has 27 heavy (non-hydrogen) atoms. The van der Waals surface area contributed by atoms with Crippen LogP contribution in [0.4, 0.5) is 24.7 Å². The van der Waals surface area contributed by atoms with Crippen molar-refractivity contribution in [2.75, 3.05) is 36.4 Å². The first-order chi connectivity index (χ1) is 12.9. The predicted molar refractivity (Wildman–Crippen MR) is 93.5 cm³/mol. The van der Waals surface area contributed by atoms with Gasteiger partial charge in [0.15, 0.2) is 0 Å². The van der Waals surface area contributed by atoms with Crippen LogP contribution in [-0.4, -0.2) is 48.4 Å². The highest BCUT2D eigenvalue weighted by molar-refractivity contribution is 6.03. The molecular weight excluding hydrogens is 361 g/mol. The Morgan fingerprint density at radius 2 is 1.70 bits per heavy atom. The van der Waals surface area contributed by atoms with Gasteiger partial charge in [-0.25, -0.2) is 4.98 Å². The zero-order valence-electron chi connectivity index (χ0n) is 14.2. The number of nitrogens with zero attached hydrogens (tertiary/aromatic N) is 3. The van der Waals surface area contributed by atoms with Gasteiger partial charge in [0, 0.05) is 31.7 Å². The van der Waals surface area contributed by atoms with Crippen LogP contribution in [-0.2, 0) is 11.0 Å². The predicted octanol–water partition coefficient (Wildman–Crippen LogP) is 2.63. The lowest BCUT2D eigenvalue weighted by Gasteiger charge is -2.33. The highest BCUT2D eigenvalue weighted by atomic mass is 19.4. The number of hydrogen-bond donors (Lipinski definition) is 1. The van der Waals surface area contributed by atoms with Crippen LogP contribution in [0.3, 0.4) is 0 Å². The maximum atomic E-state index is 12.6. The topological polar surface area (TPSA) is 65.5 Å². The highest BCUT2D eigenvalue weighted by Crippen LogP contribution is 2.29. The van der Waals surface area contributed by atoms with E-state index in [4.69, 9.17) is 0 Å². The van der Waals surface area contributed by atoms with E-state index in [0.717, 1.165) is 36.4 Å². The quantitative estimate of drug-likeness (QED) is 0.831. The van der Waals surface area contributed by atoms with Crippen molar-refractivity contribution in [2.24, 2.45) is 0 Å². The number of nitrogens with one attached hydrogen (secondary N) is 1. The van der Waals surface area contributed by atoms with Gasteiger partial charge in [0.2, 0.25) is 6.41 Å². The van der Waals surface area contributed by atoms with Crippen molar-refractivity contribution in [2.45, 2.75) is 6.18 Å². The monoisotopic (exact) mass is 378 g/mol. The van der Waals surface area contributed by atoms with Crippen LogP contribution in [0.15, 0.2) is 42.6 Å². The molecule has 0 bridgehead atoms. The van der Waals surface area contributed by atoms with E-state index in [2.05, 4.69) is 15.2 Å². The number of aromatic nitrogens is 1. The van der Waals surface area contributed by atoms with Crippen molar-refractivity contribution >= 4 is 23.8 Å². The van der Waals surface area contributed by atoms with Crippen molar-refractivity contribution in [3.05, 3.63) is 53.7 Å². The van der Waals surface area contributed by atoms with Gasteiger partial charge in [-0.3, -0.25) is 9.59 Å². The smallest absolute Gasteiger partial charge is 0.367 e. The number of benzene rings is 1. The van der Waals surface area contributed by atoms with E-state index in [1.807, 2.05) is 0 Å². The van der Waals surface area contributed by atoms with E-state index >= 15 is 0 Å². The molecule has 1 aliphatic heterocycles. The van der Waals surface area contributed by atoms with E-state index < -0.39 is 17.6 Å². The van der Waals surface area contributed by atoms with Crippen molar-refractivity contribution < 1.29 is 22.8 Å². The van der Waals surface area contributed by atoms with Gasteiger partial charge in [-0.15, -0.1) is 0 Å². The molecule has 1 N–H and O–H groups in total. The van der Waals surface area contributed by atoms with Crippen molar-refractivity contribution in [1.29, 1.82) is 0 Å². The van der Waals surface area contributed by atoms with Crippen LogP contribution in [0.1, 0.15) is 15.9 Å². The van der Waals surface area contributed by atoms with Crippen LogP contribution in [0.25, 0.3) is 0 Å². The van der Waals surface area contributed by atoms with Gasteiger partial charge < -0.3 is 15.1 Å². The standard InChI is InChI=1S/C18H17F3N4O2/c19-18(20,21)14-3-1-13(2-4-14)17(27)23-16-6-5-15(11-22-16)25-9-7-24(12-26)8-10-25/h1-6,11-12H,7-10H2,(H,22,23,27). The molecule has 2 aromatic rings. The number of pyridine rings is 1. The lowest BCUT2D eigenvalue weighted by Crippen LogP contribution is -2.45. The molecule has 1 aromatic heterocycles. The number of hydrogen-bond acceptors (Lipinski definition) is 4. The molecule has 0 radical (unpaired) electrons. The maximum absolute atomic E-state index is 12.6. The molecule has 1 aliphatic rings. The number of rotatable bonds is 4. The third-order valence-corrected chi connectivity index (χ3v) is 4.29. The Labute approximate surface area is 153 Å². The van der Waals surface area contributed by atoms with Gasteiger partial charge in [0.1, 0.15) is 5.82 Å². The van der Waals surface area contributed by atoms with Crippen LogP contribution < -0.4 is 10.2 Å². The minimum Gasteiger partial charge on any atom is -0.367 e. The SMILES string of the molecule is O=CN1CCN(c2ccc(NC(=O)c3ccc(C(F)(F)F)cc3)nc2)CC1. The maximum Gasteiger partial charge on any atom is 0.416 e. The Kier molecular flexibility index (Phi) is 5.29. The Morgan fingerprint density at radius 1 is 1.04 bits per heavy atom. The largest absolute Gasteiger partial charge is 0.416 e. The van der Waals surface area contributed by atoms with E-state index in [-0.39, 0.29) is 5.56 Å². The Bertz CT molecular complexity index is 799. The van der Waals surface area contributed by atoms with Gasteiger partial charge in [-0.2, -0.15) is 13.2 Å². The van der Waals surface area contributed by atoms with Gasteiger partial charge in [-0.05, 0) is 36.4 Å². The summed E-state index contributed by atoms with van der Waals surface area (Å²) >= 11 is 0. The fraction of sp³-hybridized carbons (Fsp3) is 0.278. The molecule has 1 aromatic carbocycles. The molecule has 9 heteroatoms. The molecule has 1 fully saturated rings. The summed E-state index contributed by atoms with van der Waals surface area (Å²) in [6.07, 6.45) is -2.00. The van der Waals surface area contributed by atoms with Crippen LogP contribution in [0, 0.1) is 0 Å². The summed E-state index contributed by atoms with van der Waals surface area (Å²) in [4.78, 5) is 30.8.